The Morgan fingerprint density at radius 2 is 2.16 bits per heavy atom. The average molecular weight is 261 g/mol. The minimum absolute atomic E-state index is 0.0305. The third kappa shape index (κ3) is 3.41. The van der Waals surface area contributed by atoms with Crippen LogP contribution in [0.25, 0.3) is 0 Å². The van der Waals surface area contributed by atoms with E-state index >= 15 is 0 Å². The van der Waals surface area contributed by atoms with Gasteiger partial charge in [-0.3, -0.25) is 0 Å². The highest BCUT2D eigenvalue weighted by atomic mass is 19.1. The number of aromatic nitrogens is 2. The van der Waals surface area contributed by atoms with Crippen LogP contribution < -0.4 is 5.32 Å². The van der Waals surface area contributed by atoms with Crippen LogP contribution in [0, 0.1) is 5.82 Å². The van der Waals surface area contributed by atoms with Crippen molar-refractivity contribution >= 4 is 0 Å². The molecule has 0 bridgehead atoms. The fourth-order valence-corrected chi connectivity index (χ4v) is 2.28. The molecule has 0 saturated carbocycles. The molecule has 0 aliphatic rings. The van der Waals surface area contributed by atoms with E-state index in [9.17, 15) is 4.39 Å². The van der Waals surface area contributed by atoms with E-state index in [4.69, 9.17) is 0 Å². The second-order valence-corrected chi connectivity index (χ2v) is 4.62. The summed E-state index contributed by atoms with van der Waals surface area (Å²) >= 11 is 0. The highest BCUT2D eigenvalue weighted by molar-refractivity contribution is 5.21. The Morgan fingerprint density at radius 1 is 1.37 bits per heavy atom. The lowest BCUT2D eigenvalue weighted by Crippen LogP contribution is -2.22. The van der Waals surface area contributed by atoms with Crippen LogP contribution >= 0.6 is 0 Å². The molecule has 102 valence electrons. The van der Waals surface area contributed by atoms with Crippen molar-refractivity contribution in [2.45, 2.75) is 25.8 Å². The third-order valence-corrected chi connectivity index (χ3v) is 3.31. The summed E-state index contributed by atoms with van der Waals surface area (Å²) in [5.41, 5.74) is 0.735. The molecule has 1 aromatic heterocycles. The van der Waals surface area contributed by atoms with Gasteiger partial charge in [0.1, 0.15) is 11.6 Å². The Hall–Kier alpha value is -1.68. The summed E-state index contributed by atoms with van der Waals surface area (Å²) in [5.74, 6) is 0.882. The number of hydrogen-bond donors (Lipinski definition) is 1. The maximum Gasteiger partial charge on any atom is 0.127 e. The second kappa shape index (κ2) is 6.48. The predicted molar refractivity (Wildman–Crippen MR) is 74.3 cm³/mol. The standard InChI is InChI=1S/C15H20FN3/c1-3-17-14(12-6-4-5-7-13(12)16)8-9-15-18-10-11-19(15)2/h4-7,10-11,14,17H,3,8-9H2,1-2H3. The van der Waals surface area contributed by atoms with Crippen LogP contribution in [0.1, 0.15) is 30.8 Å². The van der Waals surface area contributed by atoms with Crippen molar-refractivity contribution in [2.75, 3.05) is 6.54 Å². The number of nitrogens with zero attached hydrogens (tertiary/aromatic N) is 2. The van der Waals surface area contributed by atoms with Crippen LogP contribution in [0.4, 0.5) is 4.39 Å². The highest BCUT2D eigenvalue weighted by Crippen LogP contribution is 2.21. The molecule has 1 heterocycles. The van der Waals surface area contributed by atoms with E-state index in [1.54, 1.807) is 12.3 Å². The van der Waals surface area contributed by atoms with Crippen molar-refractivity contribution < 1.29 is 4.39 Å². The third-order valence-electron chi connectivity index (χ3n) is 3.31. The Morgan fingerprint density at radius 3 is 2.79 bits per heavy atom. The molecule has 19 heavy (non-hydrogen) atoms. The molecule has 2 aromatic rings. The van der Waals surface area contributed by atoms with Crippen LogP contribution in [0.3, 0.4) is 0 Å². The molecule has 0 aliphatic heterocycles. The summed E-state index contributed by atoms with van der Waals surface area (Å²) in [6, 6.07) is 6.99. The van der Waals surface area contributed by atoms with Crippen LogP contribution in [0.5, 0.6) is 0 Å². The number of benzene rings is 1. The normalized spacial score (nSPS) is 12.6. The molecule has 3 nitrogen and oxygen atoms in total. The molecule has 4 heteroatoms. The van der Waals surface area contributed by atoms with E-state index in [1.807, 2.05) is 36.9 Å². The quantitative estimate of drug-likeness (QED) is 0.866. The van der Waals surface area contributed by atoms with E-state index < -0.39 is 0 Å². The molecule has 1 atom stereocenters. The van der Waals surface area contributed by atoms with E-state index in [2.05, 4.69) is 10.3 Å². The fourth-order valence-electron chi connectivity index (χ4n) is 2.28. The van der Waals surface area contributed by atoms with Gasteiger partial charge in [0.05, 0.1) is 0 Å². The van der Waals surface area contributed by atoms with Crippen molar-refractivity contribution in [2.24, 2.45) is 7.05 Å². The van der Waals surface area contributed by atoms with Gasteiger partial charge in [-0.05, 0) is 19.0 Å². The lowest BCUT2D eigenvalue weighted by molar-refractivity contribution is 0.478. The molecule has 0 aliphatic carbocycles. The Balaban J connectivity index is 2.09. The SMILES string of the molecule is CCNC(CCc1nccn1C)c1ccccc1F. The Labute approximate surface area is 113 Å². The smallest absolute Gasteiger partial charge is 0.127 e. The van der Waals surface area contributed by atoms with Crippen LogP contribution in [-0.2, 0) is 13.5 Å². The van der Waals surface area contributed by atoms with Crippen LogP contribution in [0.15, 0.2) is 36.7 Å². The summed E-state index contributed by atoms with van der Waals surface area (Å²) in [6.45, 7) is 2.86. The van der Waals surface area contributed by atoms with Crippen LogP contribution in [-0.4, -0.2) is 16.1 Å². The van der Waals surface area contributed by atoms with E-state index in [0.29, 0.717) is 0 Å². The summed E-state index contributed by atoms with van der Waals surface area (Å²) < 4.78 is 15.9. The number of aryl methyl sites for hydroxylation is 2. The van der Waals surface area contributed by atoms with Crippen molar-refractivity contribution in [3.8, 4) is 0 Å². The topological polar surface area (TPSA) is 29.9 Å². The molecule has 0 radical (unpaired) electrons. The lowest BCUT2D eigenvalue weighted by atomic mass is 10.0. The number of imidazole rings is 1. The number of halogens is 1. The minimum atomic E-state index is -0.145. The molecule has 2 rings (SSSR count). The zero-order valence-electron chi connectivity index (χ0n) is 11.4. The van der Waals surface area contributed by atoms with Gasteiger partial charge in [-0.1, -0.05) is 25.1 Å². The summed E-state index contributed by atoms with van der Waals surface area (Å²) in [5, 5.41) is 3.34. The van der Waals surface area contributed by atoms with Crippen LogP contribution in [0.2, 0.25) is 0 Å². The molecular formula is C15H20FN3. The first-order valence-corrected chi connectivity index (χ1v) is 6.66. The molecule has 0 fully saturated rings. The molecule has 0 spiro atoms. The maximum atomic E-state index is 13.8. The summed E-state index contributed by atoms with van der Waals surface area (Å²) in [4.78, 5) is 4.31. The summed E-state index contributed by atoms with van der Waals surface area (Å²) in [7, 11) is 1.98. The zero-order chi connectivity index (χ0) is 13.7. The molecule has 1 N–H and O–H groups in total. The van der Waals surface area contributed by atoms with E-state index in [-0.39, 0.29) is 11.9 Å². The van der Waals surface area contributed by atoms with E-state index in [0.717, 1.165) is 30.8 Å². The Kier molecular flexibility index (Phi) is 4.68. The lowest BCUT2D eigenvalue weighted by Gasteiger charge is -2.18. The highest BCUT2D eigenvalue weighted by Gasteiger charge is 2.15. The largest absolute Gasteiger partial charge is 0.338 e. The van der Waals surface area contributed by atoms with Gasteiger partial charge in [-0.2, -0.15) is 0 Å². The molecule has 0 amide bonds. The number of hydrogen-bond acceptors (Lipinski definition) is 2. The molecule has 1 aromatic carbocycles. The van der Waals surface area contributed by atoms with Crippen molar-refractivity contribution in [3.05, 3.63) is 53.9 Å². The van der Waals surface area contributed by atoms with Crippen molar-refractivity contribution in [1.29, 1.82) is 0 Å². The van der Waals surface area contributed by atoms with Gasteiger partial charge in [-0.25, -0.2) is 9.37 Å². The maximum absolute atomic E-state index is 13.8. The van der Waals surface area contributed by atoms with Gasteiger partial charge < -0.3 is 9.88 Å². The minimum Gasteiger partial charge on any atom is -0.338 e. The van der Waals surface area contributed by atoms with E-state index in [1.165, 1.54) is 6.07 Å². The zero-order valence-corrected chi connectivity index (χ0v) is 11.4. The second-order valence-electron chi connectivity index (χ2n) is 4.62. The van der Waals surface area contributed by atoms with Crippen molar-refractivity contribution in [3.63, 3.8) is 0 Å². The van der Waals surface area contributed by atoms with Gasteiger partial charge in [0, 0.05) is 37.5 Å². The van der Waals surface area contributed by atoms with Gasteiger partial charge in [0.25, 0.3) is 0 Å². The van der Waals surface area contributed by atoms with Gasteiger partial charge in [0.2, 0.25) is 0 Å². The summed E-state index contributed by atoms with van der Waals surface area (Å²) in [6.07, 6.45) is 5.39. The average Bonchev–Trinajstić information content (AvgIpc) is 2.81. The Bertz CT molecular complexity index is 522. The molecule has 1 unspecified atom stereocenters. The van der Waals surface area contributed by atoms with Crippen molar-refractivity contribution in [1.82, 2.24) is 14.9 Å². The predicted octanol–water partition coefficient (Wildman–Crippen LogP) is 2.84. The number of nitrogens with one attached hydrogen (secondary N) is 1. The molecule has 0 saturated heterocycles. The monoisotopic (exact) mass is 261 g/mol. The van der Waals surface area contributed by atoms with Gasteiger partial charge in [0.15, 0.2) is 0 Å². The number of rotatable bonds is 6. The fraction of sp³-hybridized carbons (Fsp3) is 0.400. The first-order chi connectivity index (χ1) is 9.22. The van der Waals surface area contributed by atoms with Gasteiger partial charge in [-0.15, -0.1) is 0 Å². The molecular weight excluding hydrogens is 241 g/mol. The first kappa shape index (κ1) is 13.7. The first-order valence-electron chi connectivity index (χ1n) is 6.66. The van der Waals surface area contributed by atoms with Gasteiger partial charge >= 0.3 is 0 Å².